The highest BCUT2D eigenvalue weighted by atomic mass is 32.2. The average molecular weight is 484 g/mol. The second-order valence-corrected chi connectivity index (χ2v) is 9.98. The largest absolute Gasteiger partial charge is 0.461 e. The van der Waals surface area contributed by atoms with Gasteiger partial charge in [-0.3, -0.25) is 4.79 Å². The number of carbonyl (C=O) groups excluding carboxylic acids is 4. The van der Waals surface area contributed by atoms with E-state index in [2.05, 4.69) is 17.9 Å². The van der Waals surface area contributed by atoms with Gasteiger partial charge in [-0.1, -0.05) is 24.6 Å². The SMILES string of the molecule is CC(C)(S)C(=O)N[C@@H](CSC(=O)OCOC(=O)c1ccccc1)C(=O)OC1CCCCC1. The second kappa shape index (κ2) is 12.7. The van der Waals surface area contributed by atoms with Crippen LogP contribution in [-0.2, 0) is 23.8 Å². The zero-order valence-electron chi connectivity index (χ0n) is 18.2. The molecule has 1 aliphatic rings. The van der Waals surface area contributed by atoms with E-state index in [-0.39, 0.29) is 11.9 Å². The van der Waals surface area contributed by atoms with Crippen molar-refractivity contribution in [2.75, 3.05) is 12.5 Å². The van der Waals surface area contributed by atoms with E-state index in [4.69, 9.17) is 14.2 Å². The van der Waals surface area contributed by atoms with Gasteiger partial charge in [0.25, 0.3) is 0 Å². The molecule has 1 saturated carbocycles. The van der Waals surface area contributed by atoms with Gasteiger partial charge in [0.15, 0.2) is 0 Å². The normalized spacial score (nSPS) is 15.3. The van der Waals surface area contributed by atoms with Gasteiger partial charge < -0.3 is 19.5 Å². The molecule has 1 fully saturated rings. The van der Waals surface area contributed by atoms with Gasteiger partial charge >= 0.3 is 17.2 Å². The van der Waals surface area contributed by atoms with E-state index in [1.165, 1.54) is 0 Å². The van der Waals surface area contributed by atoms with Crippen LogP contribution < -0.4 is 5.32 Å². The van der Waals surface area contributed by atoms with E-state index in [1.807, 2.05) is 0 Å². The van der Waals surface area contributed by atoms with Crippen LogP contribution in [0.3, 0.4) is 0 Å². The summed E-state index contributed by atoms with van der Waals surface area (Å²) in [7, 11) is 0. The molecule has 0 heterocycles. The number of esters is 2. The zero-order chi connectivity index (χ0) is 23.6. The monoisotopic (exact) mass is 483 g/mol. The number of benzene rings is 1. The third kappa shape index (κ3) is 9.12. The summed E-state index contributed by atoms with van der Waals surface area (Å²) in [6, 6.07) is 7.24. The lowest BCUT2D eigenvalue weighted by molar-refractivity contribution is -0.153. The lowest BCUT2D eigenvalue weighted by Crippen LogP contribution is -2.50. The predicted molar refractivity (Wildman–Crippen MR) is 124 cm³/mol. The fourth-order valence-electron chi connectivity index (χ4n) is 2.91. The maximum absolute atomic E-state index is 12.6. The predicted octanol–water partition coefficient (Wildman–Crippen LogP) is 3.74. The quantitative estimate of drug-likeness (QED) is 0.311. The summed E-state index contributed by atoms with van der Waals surface area (Å²) >= 11 is 4.90. The fraction of sp³-hybridized carbons (Fsp3) is 0.545. The van der Waals surface area contributed by atoms with Gasteiger partial charge in [-0.25, -0.2) is 14.4 Å². The van der Waals surface area contributed by atoms with E-state index in [0.29, 0.717) is 17.3 Å². The van der Waals surface area contributed by atoms with Gasteiger partial charge in [0.05, 0.1) is 10.3 Å². The third-order valence-electron chi connectivity index (χ3n) is 4.72. The number of hydrogen-bond donors (Lipinski definition) is 2. The van der Waals surface area contributed by atoms with Crippen LogP contribution in [0.25, 0.3) is 0 Å². The third-order valence-corrected chi connectivity index (χ3v) is 5.78. The molecule has 0 spiro atoms. The summed E-state index contributed by atoms with van der Waals surface area (Å²) in [5, 5.41) is 1.84. The van der Waals surface area contributed by atoms with Crippen LogP contribution in [0.1, 0.15) is 56.3 Å². The van der Waals surface area contributed by atoms with Crippen molar-refractivity contribution >= 4 is 47.5 Å². The van der Waals surface area contributed by atoms with Crippen molar-refractivity contribution in [3.63, 3.8) is 0 Å². The first-order valence-corrected chi connectivity index (χ1v) is 11.9. The van der Waals surface area contributed by atoms with Crippen molar-refractivity contribution in [2.24, 2.45) is 0 Å². The molecule has 0 aromatic heterocycles. The van der Waals surface area contributed by atoms with Crippen molar-refractivity contribution in [1.29, 1.82) is 0 Å². The van der Waals surface area contributed by atoms with Crippen LogP contribution in [0.15, 0.2) is 30.3 Å². The average Bonchev–Trinajstić information content (AvgIpc) is 2.76. The maximum atomic E-state index is 12.6. The molecule has 1 aromatic rings. The lowest BCUT2D eigenvalue weighted by Gasteiger charge is -2.26. The Balaban J connectivity index is 1.84. The second-order valence-electron chi connectivity index (χ2n) is 7.90. The van der Waals surface area contributed by atoms with Crippen molar-refractivity contribution in [2.45, 2.75) is 62.8 Å². The molecule has 1 aromatic carbocycles. The highest BCUT2D eigenvalue weighted by Crippen LogP contribution is 2.21. The van der Waals surface area contributed by atoms with Crippen LogP contribution in [0.2, 0.25) is 0 Å². The molecular weight excluding hydrogens is 454 g/mol. The molecule has 1 amide bonds. The van der Waals surface area contributed by atoms with Gasteiger partial charge in [0, 0.05) is 5.75 Å². The summed E-state index contributed by atoms with van der Waals surface area (Å²) < 4.78 is 14.3. The van der Waals surface area contributed by atoms with Crippen LogP contribution in [0.5, 0.6) is 0 Å². The molecule has 176 valence electrons. The van der Waals surface area contributed by atoms with E-state index in [9.17, 15) is 19.2 Å². The topological polar surface area (TPSA) is 108 Å². The molecule has 1 aliphatic carbocycles. The Hall–Kier alpha value is -2.20. The molecule has 32 heavy (non-hydrogen) atoms. The lowest BCUT2D eigenvalue weighted by atomic mass is 9.98. The van der Waals surface area contributed by atoms with E-state index < -0.39 is 40.7 Å². The number of rotatable bonds is 9. The highest BCUT2D eigenvalue weighted by molar-refractivity contribution is 8.13. The molecule has 0 radical (unpaired) electrons. The van der Waals surface area contributed by atoms with Crippen molar-refractivity contribution in [3.8, 4) is 0 Å². The van der Waals surface area contributed by atoms with Gasteiger partial charge in [0.2, 0.25) is 12.7 Å². The zero-order valence-corrected chi connectivity index (χ0v) is 19.9. The standard InChI is InChI=1S/C22H29NO7S2/c1-22(2,31)20(26)23-17(19(25)30-16-11-7-4-8-12-16)13-32-21(27)29-14-28-18(24)15-9-5-3-6-10-15/h3,5-6,9-10,16-17,31H,4,7-8,11-14H2,1-2H3,(H,23,26)/t17-/m0/s1. The van der Waals surface area contributed by atoms with E-state index >= 15 is 0 Å². The number of thiol groups is 1. The van der Waals surface area contributed by atoms with Gasteiger partial charge in [-0.2, -0.15) is 12.6 Å². The fourth-order valence-corrected chi connectivity index (χ4v) is 3.63. The Kier molecular flexibility index (Phi) is 10.4. The Morgan fingerprint density at radius 2 is 1.75 bits per heavy atom. The van der Waals surface area contributed by atoms with Crippen LogP contribution in [-0.4, -0.2) is 52.6 Å². The molecule has 2 rings (SSSR count). The summed E-state index contributed by atoms with van der Waals surface area (Å²) in [6.07, 6.45) is 4.47. The van der Waals surface area contributed by atoms with Crippen LogP contribution in [0.4, 0.5) is 4.79 Å². The Morgan fingerprint density at radius 1 is 1.09 bits per heavy atom. The van der Waals surface area contributed by atoms with E-state index in [0.717, 1.165) is 32.1 Å². The summed E-state index contributed by atoms with van der Waals surface area (Å²) in [6.45, 7) is 2.63. The minimum absolute atomic E-state index is 0.0907. The molecular formula is C22H29NO7S2. The highest BCUT2D eigenvalue weighted by Gasteiger charge is 2.31. The van der Waals surface area contributed by atoms with Crippen LogP contribution in [0, 0.1) is 0 Å². The first-order chi connectivity index (χ1) is 15.2. The first-order valence-electron chi connectivity index (χ1n) is 10.4. The molecule has 10 heteroatoms. The molecule has 1 atom stereocenters. The Bertz CT molecular complexity index is 789. The molecule has 1 N–H and O–H groups in total. The summed E-state index contributed by atoms with van der Waals surface area (Å²) in [5.41, 5.74) is 0.332. The van der Waals surface area contributed by atoms with Crippen molar-refractivity contribution in [3.05, 3.63) is 35.9 Å². The minimum Gasteiger partial charge on any atom is -0.461 e. The van der Waals surface area contributed by atoms with Crippen LogP contribution >= 0.6 is 24.4 Å². The first kappa shape index (κ1) is 26.1. The Morgan fingerprint density at radius 3 is 2.38 bits per heavy atom. The molecule has 8 nitrogen and oxygen atoms in total. The Labute approximate surface area is 197 Å². The number of thioether (sulfide) groups is 1. The smallest absolute Gasteiger partial charge is 0.370 e. The molecule has 0 bridgehead atoms. The number of hydrogen-bond acceptors (Lipinski definition) is 9. The molecule has 0 unspecified atom stereocenters. The summed E-state index contributed by atoms with van der Waals surface area (Å²) in [4.78, 5) is 48.8. The molecule has 0 aliphatic heterocycles. The summed E-state index contributed by atoms with van der Waals surface area (Å²) in [5.74, 6) is -1.77. The number of amides is 1. The van der Waals surface area contributed by atoms with Crippen molar-refractivity contribution < 1.29 is 33.4 Å². The van der Waals surface area contributed by atoms with Crippen molar-refractivity contribution in [1.82, 2.24) is 5.32 Å². The number of carbonyl (C=O) groups is 4. The van der Waals surface area contributed by atoms with Gasteiger partial charge in [-0.15, -0.1) is 0 Å². The maximum Gasteiger partial charge on any atom is 0.370 e. The molecule has 0 saturated heterocycles. The van der Waals surface area contributed by atoms with E-state index in [1.54, 1.807) is 44.2 Å². The van der Waals surface area contributed by atoms with Gasteiger partial charge in [0.1, 0.15) is 12.1 Å². The number of ether oxygens (including phenoxy) is 3. The number of nitrogens with one attached hydrogen (secondary N) is 1. The van der Waals surface area contributed by atoms with Gasteiger partial charge in [-0.05, 0) is 63.4 Å². The minimum atomic E-state index is -1.04.